The summed E-state index contributed by atoms with van der Waals surface area (Å²) >= 11 is 3.40. The molecule has 0 saturated carbocycles. The smallest absolute Gasteiger partial charge is 0.238 e. The highest BCUT2D eigenvalue weighted by Crippen LogP contribution is 2.19. The van der Waals surface area contributed by atoms with Crippen LogP contribution in [-0.2, 0) is 14.3 Å². The van der Waals surface area contributed by atoms with Crippen molar-refractivity contribution in [3.63, 3.8) is 0 Å². The quantitative estimate of drug-likeness (QED) is 0.836. The molecule has 0 spiro atoms. The van der Waals surface area contributed by atoms with Gasteiger partial charge in [-0.15, -0.1) is 0 Å². The van der Waals surface area contributed by atoms with Gasteiger partial charge in [-0.2, -0.15) is 0 Å². The SMILES string of the molecule is Cc1cc(Br)ccc1NC(=O)CN(C)CC(=O)N1CCOCC1. The van der Waals surface area contributed by atoms with Crippen molar-refractivity contribution in [3.8, 4) is 0 Å². The van der Waals surface area contributed by atoms with Crippen LogP contribution >= 0.6 is 15.9 Å². The Kier molecular flexibility index (Phi) is 6.56. The van der Waals surface area contributed by atoms with E-state index < -0.39 is 0 Å². The van der Waals surface area contributed by atoms with Crippen molar-refractivity contribution >= 4 is 33.4 Å². The lowest BCUT2D eigenvalue weighted by atomic mass is 10.2. The Bertz CT molecular complexity index is 574. The summed E-state index contributed by atoms with van der Waals surface area (Å²) in [5.41, 5.74) is 1.77. The van der Waals surface area contributed by atoms with Crippen LogP contribution in [0, 0.1) is 6.92 Å². The predicted molar refractivity (Wildman–Crippen MR) is 92.4 cm³/mol. The number of ether oxygens (including phenoxy) is 1. The summed E-state index contributed by atoms with van der Waals surface area (Å²) in [6.45, 7) is 4.75. The van der Waals surface area contributed by atoms with Gasteiger partial charge >= 0.3 is 0 Å². The van der Waals surface area contributed by atoms with Gasteiger partial charge in [0.15, 0.2) is 0 Å². The molecule has 2 rings (SSSR count). The van der Waals surface area contributed by atoms with E-state index in [4.69, 9.17) is 4.74 Å². The summed E-state index contributed by atoms with van der Waals surface area (Å²) in [4.78, 5) is 27.7. The van der Waals surface area contributed by atoms with Crippen molar-refractivity contribution in [3.05, 3.63) is 28.2 Å². The molecule has 126 valence electrons. The van der Waals surface area contributed by atoms with Crippen molar-refractivity contribution in [1.29, 1.82) is 0 Å². The van der Waals surface area contributed by atoms with Gasteiger partial charge in [0.25, 0.3) is 0 Å². The van der Waals surface area contributed by atoms with Crippen LogP contribution in [0.1, 0.15) is 5.56 Å². The number of benzene rings is 1. The summed E-state index contributed by atoms with van der Waals surface area (Å²) in [6.07, 6.45) is 0. The fraction of sp³-hybridized carbons (Fsp3) is 0.500. The molecule has 0 bridgehead atoms. The maximum Gasteiger partial charge on any atom is 0.238 e. The second-order valence-corrected chi connectivity index (χ2v) is 6.59. The average Bonchev–Trinajstić information content (AvgIpc) is 2.50. The number of likely N-dealkylation sites (N-methyl/N-ethyl adjacent to an activating group) is 1. The first kappa shape index (κ1) is 17.9. The number of nitrogens with zero attached hydrogens (tertiary/aromatic N) is 2. The standard InChI is InChI=1S/C16H22BrN3O3/c1-12-9-13(17)3-4-14(12)18-15(21)10-19(2)11-16(22)20-5-7-23-8-6-20/h3-4,9H,5-8,10-11H2,1-2H3,(H,18,21). The third-order valence-corrected chi connectivity index (χ3v) is 4.14. The van der Waals surface area contributed by atoms with E-state index >= 15 is 0 Å². The van der Waals surface area contributed by atoms with Crippen LogP contribution in [0.5, 0.6) is 0 Å². The molecule has 23 heavy (non-hydrogen) atoms. The van der Waals surface area contributed by atoms with Crippen molar-refractivity contribution < 1.29 is 14.3 Å². The molecule has 1 N–H and O–H groups in total. The number of aryl methyl sites for hydroxylation is 1. The number of hydrogen-bond donors (Lipinski definition) is 1. The molecule has 1 heterocycles. The number of halogens is 1. The summed E-state index contributed by atoms with van der Waals surface area (Å²) in [5.74, 6) is -0.101. The Morgan fingerprint density at radius 3 is 2.65 bits per heavy atom. The Morgan fingerprint density at radius 2 is 2.00 bits per heavy atom. The van der Waals surface area contributed by atoms with Gasteiger partial charge in [-0.05, 0) is 37.7 Å². The first-order valence-corrected chi connectivity index (χ1v) is 8.35. The Hall–Kier alpha value is -1.44. The number of morpholine rings is 1. The summed E-state index contributed by atoms with van der Waals surface area (Å²) in [5, 5.41) is 2.87. The largest absolute Gasteiger partial charge is 0.378 e. The molecule has 0 unspecified atom stereocenters. The third kappa shape index (κ3) is 5.60. The predicted octanol–water partition coefficient (Wildman–Crippen LogP) is 1.49. The summed E-state index contributed by atoms with van der Waals surface area (Å²) < 4.78 is 6.20. The number of carbonyl (C=O) groups excluding carboxylic acids is 2. The number of rotatable bonds is 5. The van der Waals surface area contributed by atoms with Crippen LogP contribution < -0.4 is 5.32 Å². The van der Waals surface area contributed by atoms with Crippen molar-refractivity contribution in [2.24, 2.45) is 0 Å². The van der Waals surface area contributed by atoms with Gasteiger partial charge in [-0.25, -0.2) is 0 Å². The van der Waals surface area contributed by atoms with Crippen LogP contribution in [0.2, 0.25) is 0 Å². The maximum atomic E-state index is 12.1. The van der Waals surface area contributed by atoms with Gasteiger partial charge in [-0.3, -0.25) is 14.5 Å². The lowest BCUT2D eigenvalue weighted by molar-refractivity contribution is -0.136. The van der Waals surface area contributed by atoms with E-state index in [1.807, 2.05) is 25.1 Å². The van der Waals surface area contributed by atoms with E-state index in [-0.39, 0.29) is 24.9 Å². The number of anilines is 1. The van der Waals surface area contributed by atoms with Gasteiger partial charge in [-0.1, -0.05) is 15.9 Å². The van der Waals surface area contributed by atoms with E-state index in [9.17, 15) is 9.59 Å². The van der Waals surface area contributed by atoms with Crippen molar-refractivity contribution in [1.82, 2.24) is 9.80 Å². The molecule has 0 atom stereocenters. The summed E-state index contributed by atoms with van der Waals surface area (Å²) in [6, 6.07) is 5.69. The van der Waals surface area contributed by atoms with Gasteiger partial charge in [0, 0.05) is 23.2 Å². The lowest BCUT2D eigenvalue weighted by Crippen LogP contribution is -2.46. The average molecular weight is 384 g/mol. The Morgan fingerprint density at radius 1 is 1.30 bits per heavy atom. The minimum Gasteiger partial charge on any atom is -0.378 e. The zero-order valence-corrected chi connectivity index (χ0v) is 15.1. The van der Waals surface area contributed by atoms with Crippen LogP contribution in [-0.4, -0.2) is 68.1 Å². The highest BCUT2D eigenvalue weighted by Gasteiger charge is 2.19. The molecule has 1 aromatic rings. The van der Waals surface area contributed by atoms with Crippen molar-refractivity contribution in [2.75, 3.05) is 51.8 Å². The fourth-order valence-corrected chi connectivity index (χ4v) is 2.88. The number of nitrogens with one attached hydrogen (secondary N) is 1. The molecule has 0 aliphatic carbocycles. The van der Waals surface area contributed by atoms with E-state index in [1.165, 1.54) is 0 Å². The molecule has 6 nitrogen and oxygen atoms in total. The zero-order chi connectivity index (χ0) is 16.8. The minimum atomic E-state index is -0.132. The first-order chi connectivity index (χ1) is 11.0. The van der Waals surface area contributed by atoms with Crippen LogP contribution in [0.15, 0.2) is 22.7 Å². The highest BCUT2D eigenvalue weighted by molar-refractivity contribution is 9.10. The Labute approximate surface area is 144 Å². The molecule has 1 saturated heterocycles. The van der Waals surface area contributed by atoms with E-state index in [1.54, 1.807) is 16.8 Å². The number of amides is 2. The topological polar surface area (TPSA) is 61.9 Å². The van der Waals surface area contributed by atoms with Crippen LogP contribution in [0.3, 0.4) is 0 Å². The van der Waals surface area contributed by atoms with E-state index in [2.05, 4.69) is 21.2 Å². The monoisotopic (exact) mass is 383 g/mol. The number of carbonyl (C=O) groups is 2. The minimum absolute atomic E-state index is 0.0309. The van der Waals surface area contributed by atoms with Gasteiger partial charge in [0.1, 0.15) is 0 Å². The molecule has 2 amide bonds. The second kappa shape index (κ2) is 8.42. The van der Waals surface area contributed by atoms with Crippen LogP contribution in [0.25, 0.3) is 0 Å². The molecule has 1 aromatic carbocycles. The van der Waals surface area contributed by atoms with Gasteiger partial charge in [0.2, 0.25) is 11.8 Å². The van der Waals surface area contributed by atoms with Crippen LogP contribution in [0.4, 0.5) is 5.69 Å². The fourth-order valence-electron chi connectivity index (χ4n) is 2.40. The third-order valence-electron chi connectivity index (χ3n) is 3.65. The molecule has 0 radical (unpaired) electrons. The highest BCUT2D eigenvalue weighted by atomic mass is 79.9. The van der Waals surface area contributed by atoms with Gasteiger partial charge < -0.3 is 15.0 Å². The zero-order valence-electron chi connectivity index (χ0n) is 13.5. The Balaban J connectivity index is 1.81. The summed E-state index contributed by atoms with van der Waals surface area (Å²) in [7, 11) is 1.77. The first-order valence-electron chi connectivity index (χ1n) is 7.56. The lowest BCUT2D eigenvalue weighted by Gasteiger charge is -2.28. The van der Waals surface area contributed by atoms with Crippen molar-refractivity contribution in [2.45, 2.75) is 6.92 Å². The molecule has 0 aromatic heterocycles. The molecular weight excluding hydrogens is 362 g/mol. The molecule has 1 fully saturated rings. The normalized spacial score (nSPS) is 14.9. The van der Waals surface area contributed by atoms with E-state index in [0.717, 1.165) is 15.7 Å². The maximum absolute atomic E-state index is 12.1. The molecule has 1 aliphatic rings. The van der Waals surface area contributed by atoms with E-state index in [0.29, 0.717) is 26.3 Å². The van der Waals surface area contributed by atoms with Gasteiger partial charge in [0.05, 0.1) is 26.3 Å². The molecular formula is C16H22BrN3O3. The molecule has 7 heteroatoms. The second-order valence-electron chi connectivity index (χ2n) is 5.67. The molecule has 1 aliphatic heterocycles. The number of hydrogen-bond acceptors (Lipinski definition) is 4.